The number of aromatic nitrogens is 2. The van der Waals surface area contributed by atoms with Crippen LogP contribution in [0, 0.1) is 5.82 Å². The average Bonchev–Trinajstić information content (AvgIpc) is 2.82. The number of halogens is 2. The molecule has 0 saturated carbocycles. The molecule has 20 heavy (non-hydrogen) atoms. The first kappa shape index (κ1) is 14.8. The van der Waals surface area contributed by atoms with Gasteiger partial charge in [-0.3, -0.25) is 9.82 Å². The Balaban J connectivity index is 2.33. The molecule has 0 radical (unpaired) electrons. The molecule has 0 unspecified atom stereocenters. The van der Waals surface area contributed by atoms with E-state index in [0.717, 1.165) is 6.07 Å². The summed E-state index contributed by atoms with van der Waals surface area (Å²) < 4.78 is 40.1. The topological polar surface area (TPSA) is 86.9 Å². The SMILES string of the molecule is CNCc1cn[nH]c1S(=O)(=O)Nc1ccc(Cl)cc1F. The number of benzene rings is 1. The maximum absolute atomic E-state index is 13.6. The lowest BCUT2D eigenvalue weighted by Gasteiger charge is -2.09. The van der Waals surface area contributed by atoms with Gasteiger partial charge in [0.1, 0.15) is 5.82 Å². The van der Waals surface area contributed by atoms with Crippen molar-refractivity contribution >= 4 is 27.3 Å². The smallest absolute Gasteiger partial charge is 0.279 e. The van der Waals surface area contributed by atoms with Gasteiger partial charge in [-0.15, -0.1) is 0 Å². The number of H-pyrrole nitrogens is 1. The molecule has 6 nitrogen and oxygen atoms in total. The zero-order valence-electron chi connectivity index (χ0n) is 10.4. The van der Waals surface area contributed by atoms with Crippen LogP contribution >= 0.6 is 11.6 Å². The van der Waals surface area contributed by atoms with E-state index in [1.54, 1.807) is 7.05 Å². The Hall–Kier alpha value is -1.64. The van der Waals surface area contributed by atoms with Gasteiger partial charge in [0.25, 0.3) is 10.0 Å². The average molecular weight is 319 g/mol. The lowest BCUT2D eigenvalue weighted by Crippen LogP contribution is -2.17. The van der Waals surface area contributed by atoms with Gasteiger partial charge in [-0.05, 0) is 25.2 Å². The van der Waals surface area contributed by atoms with Crippen molar-refractivity contribution in [1.82, 2.24) is 15.5 Å². The van der Waals surface area contributed by atoms with Crippen LogP contribution in [0.2, 0.25) is 5.02 Å². The first-order valence-electron chi connectivity index (χ1n) is 5.59. The van der Waals surface area contributed by atoms with Gasteiger partial charge in [0, 0.05) is 17.1 Å². The fourth-order valence-corrected chi connectivity index (χ4v) is 2.98. The molecule has 0 fully saturated rings. The van der Waals surface area contributed by atoms with Crippen molar-refractivity contribution < 1.29 is 12.8 Å². The number of hydrogen-bond donors (Lipinski definition) is 3. The van der Waals surface area contributed by atoms with E-state index in [-0.39, 0.29) is 15.7 Å². The van der Waals surface area contributed by atoms with Crippen LogP contribution in [0.5, 0.6) is 0 Å². The van der Waals surface area contributed by atoms with Crippen molar-refractivity contribution in [3.05, 3.63) is 40.8 Å². The van der Waals surface area contributed by atoms with Gasteiger partial charge in [0.2, 0.25) is 0 Å². The minimum absolute atomic E-state index is 0.110. The Labute approximate surface area is 120 Å². The van der Waals surface area contributed by atoms with Gasteiger partial charge in [-0.1, -0.05) is 11.6 Å². The molecule has 1 aromatic carbocycles. The van der Waals surface area contributed by atoms with Crippen molar-refractivity contribution in [2.75, 3.05) is 11.8 Å². The Morgan fingerprint density at radius 1 is 1.45 bits per heavy atom. The molecule has 9 heteroatoms. The molecule has 108 valence electrons. The van der Waals surface area contributed by atoms with Crippen molar-refractivity contribution in [3.63, 3.8) is 0 Å². The second kappa shape index (κ2) is 5.78. The van der Waals surface area contributed by atoms with E-state index in [4.69, 9.17) is 11.6 Å². The molecule has 0 aliphatic rings. The highest BCUT2D eigenvalue weighted by Gasteiger charge is 2.21. The van der Waals surface area contributed by atoms with Gasteiger partial charge in [-0.2, -0.15) is 13.5 Å². The fraction of sp³-hybridized carbons (Fsp3) is 0.182. The highest BCUT2D eigenvalue weighted by atomic mass is 35.5. The molecule has 0 amide bonds. The quantitative estimate of drug-likeness (QED) is 0.783. The van der Waals surface area contributed by atoms with Gasteiger partial charge in [0.15, 0.2) is 5.03 Å². The minimum Gasteiger partial charge on any atom is -0.316 e. The molecule has 0 bridgehead atoms. The maximum Gasteiger partial charge on any atom is 0.279 e. The minimum atomic E-state index is -3.95. The van der Waals surface area contributed by atoms with Crippen LogP contribution in [0.1, 0.15) is 5.56 Å². The van der Waals surface area contributed by atoms with Gasteiger partial charge < -0.3 is 5.32 Å². The summed E-state index contributed by atoms with van der Waals surface area (Å²) in [5.41, 5.74) is 0.272. The molecule has 0 spiro atoms. The number of hydrogen-bond acceptors (Lipinski definition) is 4. The molecule has 0 atom stereocenters. The lowest BCUT2D eigenvalue weighted by molar-refractivity contribution is 0.592. The number of sulfonamides is 1. The Bertz CT molecular complexity index is 717. The van der Waals surface area contributed by atoms with Gasteiger partial charge in [0.05, 0.1) is 11.9 Å². The van der Waals surface area contributed by atoms with E-state index >= 15 is 0 Å². The second-order valence-electron chi connectivity index (χ2n) is 3.98. The summed E-state index contributed by atoms with van der Waals surface area (Å²) in [6, 6.07) is 3.67. The molecular formula is C11H12ClFN4O2S. The standard InChI is InChI=1S/C11H12ClFN4O2S/c1-14-5-7-6-15-16-11(7)20(18,19)17-10-3-2-8(12)4-9(10)13/h2-4,6,14,17H,5H2,1H3,(H,15,16). The highest BCUT2D eigenvalue weighted by Crippen LogP contribution is 2.22. The molecule has 0 saturated heterocycles. The van der Waals surface area contributed by atoms with E-state index in [1.165, 1.54) is 18.3 Å². The normalized spacial score (nSPS) is 11.6. The number of nitrogens with zero attached hydrogens (tertiary/aromatic N) is 1. The Morgan fingerprint density at radius 3 is 2.85 bits per heavy atom. The Kier molecular flexibility index (Phi) is 4.26. The van der Waals surface area contributed by atoms with Crippen LogP contribution in [0.4, 0.5) is 10.1 Å². The predicted molar refractivity (Wildman–Crippen MR) is 73.6 cm³/mol. The third kappa shape index (κ3) is 3.09. The number of nitrogens with one attached hydrogen (secondary N) is 3. The number of rotatable bonds is 5. The second-order valence-corrected chi connectivity index (χ2v) is 6.04. The van der Waals surface area contributed by atoms with Crippen molar-refractivity contribution in [2.45, 2.75) is 11.6 Å². The molecule has 2 aromatic rings. The monoisotopic (exact) mass is 318 g/mol. The maximum atomic E-state index is 13.6. The lowest BCUT2D eigenvalue weighted by atomic mass is 10.3. The summed E-state index contributed by atoms with van der Waals surface area (Å²) in [5.74, 6) is -0.754. The van der Waals surface area contributed by atoms with E-state index in [9.17, 15) is 12.8 Å². The fourth-order valence-electron chi connectivity index (χ4n) is 1.62. The molecule has 2 rings (SSSR count). The predicted octanol–water partition coefficient (Wildman–Crippen LogP) is 1.72. The van der Waals surface area contributed by atoms with Crippen LogP contribution in [-0.4, -0.2) is 25.7 Å². The van der Waals surface area contributed by atoms with E-state index in [0.29, 0.717) is 12.1 Å². The summed E-state index contributed by atoms with van der Waals surface area (Å²) in [5, 5.41) is 8.97. The molecule has 1 heterocycles. The Morgan fingerprint density at radius 2 is 2.20 bits per heavy atom. The van der Waals surface area contributed by atoms with Crippen molar-refractivity contribution in [3.8, 4) is 0 Å². The molecule has 0 aliphatic heterocycles. The molecule has 3 N–H and O–H groups in total. The van der Waals surface area contributed by atoms with Crippen LogP contribution in [0.3, 0.4) is 0 Å². The van der Waals surface area contributed by atoms with Crippen LogP contribution < -0.4 is 10.0 Å². The van der Waals surface area contributed by atoms with Crippen LogP contribution in [0.25, 0.3) is 0 Å². The summed E-state index contributed by atoms with van der Waals surface area (Å²) >= 11 is 5.61. The molecular weight excluding hydrogens is 307 g/mol. The number of anilines is 1. The van der Waals surface area contributed by atoms with Crippen LogP contribution in [-0.2, 0) is 16.6 Å². The van der Waals surface area contributed by atoms with Gasteiger partial charge in [-0.25, -0.2) is 4.39 Å². The largest absolute Gasteiger partial charge is 0.316 e. The molecule has 0 aliphatic carbocycles. The summed E-state index contributed by atoms with van der Waals surface area (Å²) in [6.45, 7) is 0.315. The summed E-state index contributed by atoms with van der Waals surface area (Å²) in [6.07, 6.45) is 1.39. The number of aromatic amines is 1. The van der Waals surface area contributed by atoms with Crippen molar-refractivity contribution in [2.24, 2.45) is 0 Å². The first-order chi connectivity index (χ1) is 9.44. The van der Waals surface area contributed by atoms with E-state index < -0.39 is 15.8 Å². The third-order valence-corrected chi connectivity index (χ3v) is 4.10. The van der Waals surface area contributed by atoms with Crippen LogP contribution in [0.15, 0.2) is 29.4 Å². The molecule has 1 aromatic heterocycles. The first-order valence-corrected chi connectivity index (χ1v) is 7.45. The van der Waals surface area contributed by atoms with Crippen molar-refractivity contribution in [1.29, 1.82) is 0 Å². The van der Waals surface area contributed by atoms with E-state index in [2.05, 4.69) is 20.2 Å². The van der Waals surface area contributed by atoms with Gasteiger partial charge >= 0.3 is 0 Å². The zero-order chi connectivity index (χ0) is 14.8. The zero-order valence-corrected chi connectivity index (χ0v) is 12.0. The summed E-state index contributed by atoms with van der Waals surface area (Å²) in [4.78, 5) is 0. The summed E-state index contributed by atoms with van der Waals surface area (Å²) in [7, 11) is -2.27. The highest BCUT2D eigenvalue weighted by molar-refractivity contribution is 7.92. The third-order valence-electron chi connectivity index (χ3n) is 2.49. The van der Waals surface area contributed by atoms with E-state index in [1.807, 2.05) is 0 Å².